The van der Waals surface area contributed by atoms with Crippen molar-refractivity contribution in [3.05, 3.63) is 17.8 Å². The number of hydrogen-bond donors (Lipinski definition) is 1. The standard InChI is InChI=1S/C12H18N2O3/c15-12(16)8-10-9-13-11(17-10)4-7-14-5-2-1-3-6-14/h9H,1-8H2,(H,15,16). The van der Waals surface area contributed by atoms with Crippen LogP contribution in [0.3, 0.4) is 0 Å². The van der Waals surface area contributed by atoms with Gasteiger partial charge >= 0.3 is 5.97 Å². The SMILES string of the molecule is O=C(O)Cc1cnc(CCN2CCCCC2)o1. The van der Waals surface area contributed by atoms with Crippen LogP contribution in [0, 0.1) is 0 Å². The van der Waals surface area contributed by atoms with E-state index in [1.807, 2.05) is 0 Å². The number of nitrogens with zero attached hydrogens (tertiary/aromatic N) is 2. The molecule has 0 atom stereocenters. The van der Waals surface area contributed by atoms with Gasteiger partial charge in [0.15, 0.2) is 5.89 Å². The van der Waals surface area contributed by atoms with Crippen LogP contribution in [0.2, 0.25) is 0 Å². The molecule has 0 spiro atoms. The highest BCUT2D eigenvalue weighted by Crippen LogP contribution is 2.10. The number of aromatic nitrogens is 1. The molecule has 94 valence electrons. The van der Waals surface area contributed by atoms with Gasteiger partial charge in [0.1, 0.15) is 12.2 Å². The van der Waals surface area contributed by atoms with E-state index in [0.717, 1.165) is 26.1 Å². The van der Waals surface area contributed by atoms with E-state index < -0.39 is 5.97 Å². The highest BCUT2D eigenvalue weighted by molar-refractivity contribution is 5.69. The van der Waals surface area contributed by atoms with Crippen molar-refractivity contribution in [2.24, 2.45) is 0 Å². The van der Waals surface area contributed by atoms with Gasteiger partial charge in [-0.2, -0.15) is 0 Å². The molecule has 1 aliphatic heterocycles. The lowest BCUT2D eigenvalue weighted by Crippen LogP contribution is -2.31. The Bertz CT molecular complexity index is 370. The molecule has 0 aromatic carbocycles. The van der Waals surface area contributed by atoms with Crippen molar-refractivity contribution in [3.63, 3.8) is 0 Å². The lowest BCUT2D eigenvalue weighted by atomic mass is 10.1. The number of hydrogen-bond acceptors (Lipinski definition) is 4. The minimum atomic E-state index is -0.885. The molecule has 17 heavy (non-hydrogen) atoms. The summed E-state index contributed by atoms with van der Waals surface area (Å²) < 4.78 is 5.37. The van der Waals surface area contributed by atoms with E-state index in [0.29, 0.717) is 11.7 Å². The molecule has 5 nitrogen and oxygen atoms in total. The van der Waals surface area contributed by atoms with Crippen LogP contribution in [0.25, 0.3) is 0 Å². The third-order valence-electron chi connectivity index (χ3n) is 3.02. The Morgan fingerprint density at radius 3 is 2.88 bits per heavy atom. The number of piperidine rings is 1. The molecule has 1 saturated heterocycles. The molecular formula is C12H18N2O3. The summed E-state index contributed by atoms with van der Waals surface area (Å²) in [5.41, 5.74) is 0. The van der Waals surface area contributed by atoms with Crippen LogP contribution in [0.15, 0.2) is 10.6 Å². The average molecular weight is 238 g/mol. The van der Waals surface area contributed by atoms with E-state index in [-0.39, 0.29) is 6.42 Å². The number of carboxylic acids is 1. The van der Waals surface area contributed by atoms with Crippen LogP contribution < -0.4 is 0 Å². The maximum Gasteiger partial charge on any atom is 0.311 e. The molecule has 0 unspecified atom stereocenters. The van der Waals surface area contributed by atoms with Crippen molar-refractivity contribution >= 4 is 5.97 Å². The quantitative estimate of drug-likeness (QED) is 0.838. The van der Waals surface area contributed by atoms with Crippen molar-refractivity contribution in [3.8, 4) is 0 Å². The Morgan fingerprint density at radius 1 is 1.41 bits per heavy atom. The van der Waals surface area contributed by atoms with Crippen LogP contribution in [-0.4, -0.2) is 40.6 Å². The van der Waals surface area contributed by atoms with Crippen LogP contribution in [-0.2, 0) is 17.6 Å². The molecule has 0 saturated carbocycles. The highest BCUT2D eigenvalue weighted by Gasteiger charge is 2.12. The third kappa shape index (κ3) is 3.85. The summed E-state index contributed by atoms with van der Waals surface area (Å²) in [6, 6.07) is 0. The predicted octanol–water partition coefficient (Wildman–Crippen LogP) is 1.33. The largest absolute Gasteiger partial charge is 0.481 e. The van der Waals surface area contributed by atoms with E-state index in [1.165, 1.54) is 25.5 Å². The third-order valence-corrected chi connectivity index (χ3v) is 3.02. The first-order chi connectivity index (χ1) is 8.24. The van der Waals surface area contributed by atoms with Crippen LogP contribution in [0.5, 0.6) is 0 Å². The number of carbonyl (C=O) groups is 1. The van der Waals surface area contributed by atoms with Crippen molar-refractivity contribution in [1.82, 2.24) is 9.88 Å². The van der Waals surface area contributed by atoms with Gasteiger partial charge < -0.3 is 14.4 Å². The van der Waals surface area contributed by atoms with Gasteiger partial charge in [-0.05, 0) is 25.9 Å². The van der Waals surface area contributed by atoms with Crippen LogP contribution in [0.1, 0.15) is 30.9 Å². The topological polar surface area (TPSA) is 66.6 Å². The first kappa shape index (κ1) is 12.1. The van der Waals surface area contributed by atoms with Crippen molar-refractivity contribution < 1.29 is 14.3 Å². The second-order valence-electron chi connectivity index (χ2n) is 4.44. The monoisotopic (exact) mass is 238 g/mol. The molecule has 1 aromatic rings. The molecule has 0 amide bonds. The molecule has 1 aliphatic rings. The lowest BCUT2D eigenvalue weighted by molar-refractivity contribution is -0.136. The minimum Gasteiger partial charge on any atom is -0.481 e. The lowest BCUT2D eigenvalue weighted by Gasteiger charge is -2.25. The maximum absolute atomic E-state index is 10.5. The van der Waals surface area contributed by atoms with Gasteiger partial charge in [-0.25, -0.2) is 4.98 Å². The molecule has 1 fully saturated rings. The normalized spacial score (nSPS) is 17.2. The molecule has 0 aliphatic carbocycles. The van der Waals surface area contributed by atoms with Gasteiger partial charge in [0.25, 0.3) is 0 Å². The minimum absolute atomic E-state index is 0.0866. The zero-order valence-corrected chi connectivity index (χ0v) is 9.89. The van der Waals surface area contributed by atoms with Gasteiger partial charge in [0.05, 0.1) is 6.20 Å². The van der Waals surface area contributed by atoms with Crippen LogP contribution in [0.4, 0.5) is 0 Å². The fraction of sp³-hybridized carbons (Fsp3) is 0.667. The Balaban J connectivity index is 1.78. The van der Waals surface area contributed by atoms with E-state index in [9.17, 15) is 4.79 Å². The summed E-state index contributed by atoms with van der Waals surface area (Å²) in [5.74, 6) is 0.196. The summed E-state index contributed by atoms with van der Waals surface area (Å²) in [5, 5.41) is 8.61. The zero-order chi connectivity index (χ0) is 12.1. The van der Waals surface area contributed by atoms with Gasteiger partial charge in [0.2, 0.25) is 0 Å². The van der Waals surface area contributed by atoms with Crippen LogP contribution >= 0.6 is 0 Å². The zero-order valence-electron chi connectivity index (χ0n) is 9.89. The summed E-state index contributed by atoms with van der Waals surface area (Å²) in [6.07, 6.45) is 6.07. The average Bonchev–Trinajstić information content (AvgIpc) is 2.75. The predicted molar refractivity (Wildman–Crippen MR) is 61.8 cm³/mol. The molecule has 0 bridgehead atoms. The number of aliphatic carboxylic acids is 1. The van der Waals surface area contributed by atoms with Gasteiger partial charge in [-0.3, -0.25) is 4.79 Å². The summed E-state index contributed by atoms with van der Waals surface area (Å²) in [7, 11) is 0. The Hall–Kier alpha value is -1.36. The van der Waals surface area contributed by atoms with E-state index in [2.05, 4.69) is 9.88 Å². The number of rotatable bonds is 5. The van der Waals surface area contributed by atoms with Crippen molar-refractivity contribution in [2.45, 2.75) is 32.1 Å². The first-order valence-electron chi connectivity index (χ1n) is 6.12. The number of carboxylic acid groups (broad SMARTS) is 1. The van der Waals surface area contributed by atoms with E-state index in [1.54, 1.807) is 0 Å². The number of likely N-dealkylation sites (tertiary alicyclic amines) is 1. The summed E-state index contributed by atoms with van der Waals surface area (Å²) in [4.78, 5) is 17.0. The second kappa shape index (κ2) is 5.82. The molecule has 2 heterocycles. The molecular weight excluding hydrogens is 220 g/mol. The highest BCUT2D eigenvalue weighted by atomic mass is 16.4. The van der Waals surface area contributed by atoms with Gasteiger partial charge in [-0.15, -0.1) is 0 Å². The molecule has 5 heteroatoms. The summed E-state index contributed by atoms with van der Waals surface area (Å²) in [6.45, 7) is 3.26. The second-order valence-corrected chi connectivity index (χ2v) is 4.44. The fourth-order valence-electron chi connectivity index (χ4n) is 2.13. The van der Waals surface area contributed by atoms with Gasteiger partial charge in [-0.1, -0.05) is 6.42 Å². The van der Waals surface area contributed by atoms with E-state index >= 15 is 0 Å². The Labute approximate surface area is 100 Å². The molecule has 1 aromatic heterocycles. The molecule has 0 radical (unpaired) electrons. The van der Waals surface area contributed by atoms with Crippen molar-refractivity contribution in [2.75, 3.05) is 19.6 Å². The molecule has 1 N–H and O–H groups in total. The maximum atomic E-state index is 10.5. The van der Waals surface area contributed by atoms with Gasteiger partial charge in [0, 0.05) is 13.0 Å². The van der Waals surface area contributed by atoms with E-state index in [4.69, 9.17) is 9.52 Å². The van der Waals surface area contributed by atoms with Crippen molar-refractivity contribution in [1.29, 1.82) is 0 Å². The smallest absolute Gasteiger partial charge is 0.311 e. The first-order valence-corrected chi connectivity index (χ1v) is 6.12. The summed E-state index contributed by atoms with van der Waals surface area (Å²) >= 11 is 0. The Morgan fingerprint density at radius 2 is 2.18 bits per heavy atom. The Kier molecular flexibility index (Phi) is 4.14. The number of oxazole rings is 1. The molecule has 2 rings (SSSR count). The fourth-order valence-corrected chi connectivity index (χ4v) is 2.13.